The molecule has 0 fully saturated rings. The molecule has 0 aromatic heterocycles. The number of carbonyl (C=O) groups excluding carboxylic acids is 2. The van der Waals surface area contributed by atoms with Crippen LogP contribution < -0.4 is 11.1 Å². The van der Waals surface area contributed by atoms with Crippen LogP contribution in [0.15, 0.2) is 18.2 Å². The number of benzene rings is 1. The third-order valence-corrected chi connectivity index (χ3v) is 2.67. The number of amides is 2. The normalized spacial score (nSPS) is 9.85. The van der Waals surface area contributed by atoms with Gasteiger partial charge in [-0.2, -0.15) is 0 Å². The Morgan fingerprint density at radius 1 is 1.35 bits per heavy atom. The number of rotatable bonds is 4. The Bertz CT molecular complexity index is 489. The maximum Gasteiger partial charge on any atom is 0.254 e. The molecular weight excluding hydrogens is 278 g/mol. The van der Waals surface area contributed by atoms with E-state index in [-0.39, 0.29) is 36.8 Å². The molecule has 0 saturated heterocycles. The first-order valence-corrected chi connectivity index (χ1v) is 6.22. The highest BCUT2D eigenvalue weighted by atomic mass is 35.5. The second-order valence-corrected chi connectivity index (χ2v) is 4.96. The molecule has 0 aliphatic rings. The van der Waals surface area contributed by atoms with Crippen LogP contribution in [-0.4, -0.2) is 36.3 Å². The molecule has 0 spiro atoms. The molecule has 1 aromatic rings. The highest BCUT2D eigenvalue weighted by Gasteiger charge is 2.17. The first kappa shape index (κ1) is 18.2. The smallest absolute Gasteiger partial charge is 0.254 e. The Morgan fingerprint density at radius 2 is 1.95 bits per heavy atom. The maximum atomic E-state index is 12.2. The van der Waals surface area contributed by atoms with E-state index in [1.807, 2.05) is 20.8 Å². The van der Waals surface area contributed by atoms with Crippen molar-refractivity contribution in [1.29, 1.82) is 0 Å². The van der Waals surface area contributed by atoms with E-state index in [0.29, 0.717) is 11.3 Å². The van der Waals surface area contributed by atoms with Crippen molar-refractivity contribution in [3.8, 4) is 0 Å². The van der Waals surface area contributed by atoms with Gasteiger partial charge >= 0.3 is 0 Å². The van der Waals surface area contributed by atoms with Gasteiger partial charge in [-0.1, -0.05) is 6.07 Å². The van der Waals surface area contributed by atoms with E-state index in [0.717, 1.165) is 5.56 Å². The Morgan fingerprint density at radius 3 is 2.50 bits per heavy atom. The van der Waals surface area contributed by atoms with E-state index < -0.39 is 0 Å². The maximum absolute atomic E-state index is 12.2. The lowest BCUT2D eigenvalue weighted by atomic mass is 10.1. The quantitative estimate of drug-likeness (QED) is 0.829. The van der Waals surface area contributed by atoms with Gasteiger partial charge < -0.3 is 16.0 Å². The van der Waals surface area contributed by atoms with Gasteiger partial charge in [0.2, 0.25) is 5.91 Å². The van der Waals surface area contributed by atoms with Gasteiger partial charge in [-0.25, -0.2) is 0 Å². The molecule has 112 valence electrons. The van der Waals surface area contributed by atoms with Crippen LogP contribution in [0.25, 0.3) is 0 Å². The molecule has 0 aliphatic heterocycles. The topological polar surface area (TPSA) is 75.4 Å². The van der Waals surface area contributed by atoms with Crippen molar-refractivity contribution in [2.75, 3.05) is 19.3 Å². The predicted octanol–water partition coefficient (Wildman–Crippen LogP) is 1.60. The minimum absolute atomic E-state index is 0. The summed E-state index contributed by atoms with van der Waals surface area (Å²) in [5, 5.41) is 2.75. The Labute approximate surface area is 125 Å². The molecule has 1 rings (SSSR count). The van der Waals surface area contributed by atoms with E-state index in [1.54, 1.807) is 25.2 Å². The highest BCUT2D eigenvalue weighted by Crippen LogP contribution is 2.14. The zero-order valence-corrected chi connectivity index (χ0v) is 13.1. The number of hydrogen-bond donors (Lipinski definition) is 2. The molecule has 0 unspecified atom stereocenters. The number of hydrogen-bond acceptors (Lipinski definition) is 3. The largest absolute Gasteiger partial charge is 0.399 e. The fourth-order valence-corrected chi connectivity index (χ4v) is 1.73. The number of anilines is 1. The van der Waals surface area contributed by atoms with E-state index >= 15 is 0 Å². The summed E-state index contributed by atoms with van der Waals surface area (Å²) in [5.41, 5.74) is 7.59. The minimum Gasteiger partial charge on any atom is -0.399 e. The van der Waals surface area contributed by atoms with Crippen molar-refractivity contribution in [1.82, 2.24) is 10.2 Å². The van der Waals surface area contributed by atoms with Gasteiger partial charge in [0.1, 0.15) is 0 Å². The summed E-state index contributed by atoms with van der Waals surface area (Å²) in [5.74, 6) is -0.379. The molecular formula is C14H22ClN3O2. The Kier molecular flexibility index (Phi) is 7.07. The van der Waals surface area contributed by atoms with Crippen molar-refractivity contribution in [2.45, 2.75) is 26.8 Å². The molecule has 0 aliphatic carbocycles. The van der Waals surface area contributed by atoms with Crippen molar-refractivity contribution in [3.63, 3.8) is 0 Å². The molecule has 0 atom stereocenters. The number of nitrogen functional groups attached to an aromatic ring is 1. The van der Waals surface area contributed by atoms with Gasteiger partial charge in [-0.15, -0.1) is 12.4 Å². The molecule has 2 amide bonds. The van der Waals surface area contributed by atoms with Crippen LogP contribution >= 0.6 is 12.4 Å². The molecule has 0 heterocycles. The average Bonchev–Trinajstić information content (AvgIpc) is 2.30. The summed E-state index contributed by atoms with van der Waals surface area (Å²) in [6.45, 7) is 5.63. The van der Waals surface area contributed by atoms with Gasteiger partial charge in [0.05, 0.1) is 6.54 Å². The molecule has 5 nitrogen and oxygen atoms in total. The summed E-state index contributed by atoms with van der Waals surface area (Å²) in [6.07, 6.45) is 0. The van der Waals surface area contributed by atoms with Gasteiger partial charge in [0.15, 0.2) is 0 Å². The first-order valence-electron chi connectivity index (χ1n) is 6.22. The lowest BCUT2D eigenvalue weighted by Gasteiger charge is -2.19. The van der Waals surface area contributed by atoms with Crippen LogP contribution in [0.4, 0.5) is 5.69 Å². The summed E-state index contributed by atoms with van der Waals surface area (Å²) >= 11 is 0. The summed E-state index contributed by atoms with van der Waals surface area (Å²) < 4.78 is 0. The second kappa shape index (κ2) is 7.75. The Balaban J connectivity index is 0.00000361. The molecule has 6 heteroatoms. The number of likely N-dealkylation sites (N-methyl/N-ethyl adjacent to an activating group) is 1. The molecule has 20 heavy (non-hydrogen) atoms. The van der Waals surface area contributed by atoms with Crippen LogP contribution in [0, 0.1) is 6.92 Å². The van der Waals surface area contributed by atoms with E-state index in [2.05, 4.69) is 5.32 Å². The summed E-state index contributed by atoms with van der Waals surface area (Å²) in [4.78, 5) is 25.2. The molecule has 0 radical (unpaired) electrons. The third kappa shape index (κ3) is 5.09. The van der Waals surface area contributed by atoms with Crippen LogP contribution in [0.2, 0.25) is 0 Å². The molecule has 3 N–H and O–H groups in total. The number of halogens is 1. The third-order valence-electron chi connectivity index (χ3n) is 2.67. The van der Waals surface area contributed by atoms with Crippen LogP contribution in [0.5, 0.6) is 0 Å². The standard InChI is InChI=1S/C14H21N3O2.ClH/c1-9(2)16-13(18)8-17(4)14(19)12-7-11(15)6-5-10(12)3;/h5-7,9H,8,15H2,1-4H3,(H,16,18);1H. The first-order chi connectivity index (χ1) is 8.81. The highest BCUT2D eigenvalue weighted by molar-refractivity contribution is 5.98. The average molecular weight is 300 g/mol. The van der Waals surface area contributed by atoms with Crippen molar-refractivity contribution >= 4 is 29.9 Å². The van der Waals surface area contributed by atoms with Crippen LogP contribution in [-0.2, 0) is 4.79 Å². The minimum atomic E-state index is -0.205. The van der Waals surface area contributed by atoms with Crippen molar-refractivity contribution < 1.29 is 9.59 Å². The summed E-state index contributed by atoms with van der Waals surface area (Å²) in [6, 6.07) is 5.24. The second-order valence-electron chi connectivity index (χ2n) is 4.96. The predicted molar refractivity (Wildman–Crippen MR) is 83.1 cm³/mol. The number of nitrogens with two attached hydrogens (primary N) is 1. The van der Waals surface area contributed by atoms with E-state index in [9.17, 15) is 9.59 Å². The van der Waals surface area contributed by atoms with Crippen LogP contribution in [0.1, 0.15) is 29.8 Å². The fraction of sp³-hybridized carbons (Fsp3) is 0.429. The molecule has 1 aromatic carbocycles. The van der Waals surface area contributed by atoms with Crippen molar-refractivity contribution in [2.24, 2.45) is 0 Å². The fourth-order valence-electron chi connectivity index (χ4n) is 1.73. The molecule has 0 bridgehead atoms. The summed E-state index contributed by atoms with van der Waals surface area (Å²) in [7, 11) is 1.60. The van der Waals surface area contributed by atoms with Gasteiger partial charge in [-0.05, 0) is 38.5 Å². The lowest BCUT2D eigenvalue weighted by Crippen LogP contribution is -2.41. The van der Waals surface area contributed by atoms with Gasteiger partial charge in [0.25, 0.3) is 5.91 Å². The SMILES string of the molecule is Cc1ccc(N)cc1C(=O)N(C)CC(=O)NC(C)C.Cl. The number of nitrogens with zero attached hydrogens (tertiary/aromatic N) is 1. The molecule has 0 saturated carbocycles. The zero-order valence-electron chi connectivity index (χ0n) is 12.3. The van der Waals surface area contributed by atoms with Gasteiger partial charge in [-0.3, -0.25) is 9.59 Å². The number of carbonyl (C=O) groups is 2. The van der Waals surface area contributed by atoms with Crippen molar-refractivity contribution in [3.05, 3.63) is 29.3 Å². The number of nitrogens with one attached hydrogen (secondary N) is 1. The van der Waals surface area contributed by atoms with E-state index in [4.69, 9.17) is 5.73 Å². The van der Waals surface area contributed by atoms with Crippen LogP contribution in [0.3, 0.4) is 0 Å². The number of aryl methyl sites for hydroxylation is 1. The lowest BCUT2D eigenvalue weighted by molar-refractivity contribution is -0.122. The van der Waals surface area contributed by atoms with Gasteiger partial charge in [0, 0.05) is 24.3 Å². The Hall–Kier alpha value is -1.75. The zero-order chi connectivity index (χ0) is 14.6. The monoisotopic (exact) mass is 299 g/mol. The van der Waals surface area contributed by atoms with E-state index in [1.165, 1.54) is 4.90 Å².